The highest BCUT2D eigenvalue weighted by atomic mass is 16.1. The van der Waals surface area contributed by atoms with Crippen LogP contribution in [0.15, 0.2) is 61.6 Å². The van der Waals surface area contributed by atoms with Crippen molar-refractivity contribution < 1.29 is 4.79 Å². The van der Waals surface area contributed by atoms with Crippen LogP contribution in [0, 0.1) is 0 Å². The minimum Gasteiger partial charge on any atom is -0.383 e. The maximum atomic E-state index is 11.9. The summed E-state index contributed by atoms with van der Waals surface area (Å²) in [6, 6.07) is 10.1. The third-order valence-electron chi connectivity index (χ3n) is 5.80. The van der Waals surface area contributed by atoms with E-state index in [4.69, 9.17) is 5.73 Å². The van der Waals surface area contributed by atoms with E-state index in [2.05, 4.69) is 43.6 Å². The van der Waals surface area contributed by atoms with Gasteiger partial charge in [0.15, 0.2) is 0 Å². The van der Waals surface area contributed by atoms with Crippen LogP contribution in [-0.2, 0) is 11.3 Å². The van der Waals surface area contributed by atoms with Gasteiger partial charge in [-0.1, -0.05) is 30.9 Å². The smallest absolute Gasteiger partial charge is 0.243 e. The average molecular weight is 410 g/mol. The molecule has 3 N–H and O–H groups in total. The molecule has 0 fully saturated rings. The van der Waals surface area contributed by atoms with Gasteiger partial charge in [-0.05, 0) is 37.1 Å². The molecule has 1 amide bonds. The zero-order valence-corrected chi connectivity index (χ0v) is 17.2. The summed E-state index contributed by atoms with van der Waals surface area (Å²) in [6.45, 7) is 6.15. The van der Waals surface area contributed by atoms with E-state index < -0.39 is 0 Å². The second-order valence-corrected chi connectivity index (χ2v) is 7.64. The highest BCUT2D eigenvalue weighted by Gasteiger charge is 2.31. The molecule has 3 aromatic heterocycles. The Labute approximate surface area is 179 Å². The molecular formula is C24H22N6O. The zero-order chi connectivity index (χ0) is 21.5. The van der Waals surface area contributed by atoms with E-state index in [1.807, 2.05) is 37.4 Å². The fourth-order valence-corrected chi connectivity index (χ4v) is 4.45. The highest BCUT2D eigenvalue weighted by molar-refractivity contribution is 6.07. The molecule has 31 heavy (non-hydrogen) atoms. The summed E-state index contributed by atoms with van der Waals surface area (Å²) >= 11 is 0. The maximum absolute atomic E-state index is 11.9. The first kappa shape index (κ1) is 19.0. The molecule has 4 aromatic rings. The summed E-state index contributed by atoms with van der Waals surface area (Å²) in [6.07, 6.45) is 7.44. The van der Waals surface area contributed by atoms with Gasteiger partial charge >= 0.3 is 0 Å². The lowest BCUT2D eigenvalue weighted by Gasteiger charge is -2.28. The van der Waals surface area contributed by atoms with Crippen molar-refractivity contribution in [1.82, 2.24) is 24.8 Å². The molecule has 0 saturated carbocycles. The first-order valence-corrected chi connectivity index (χ1v) is 10.2. The van der Waals surface area contributed by atoms with Gasteiger partial charge < -0.3 is 15.6 Å². The number of fused-ring (bicyclic) bond motifs is 4. The second kappa shape index (κ2) is 7.36. The number of carbonyl (C=O) groups excluding carboxylic acids is 1. The minimum absolute atomic E-state index is 0.0708. The number of amides is 1. The van der Waals surface area contributed by atoms with Gasteiger partial charge in [0.2, 0.25) is 5.91 Å². The monoisotopic (exact) mass is 410 g/mol. The number of benzene rings is 1. The molecule has 0 spiro atoms. The Morgan fingerprint density at radius 1 is 1.29 bits per heavy atom. The molecule has 1 aromatic carbocycles. The van der Waals surface area contributed by atoms with Crippen molar-refractivity contribution in [2.24, 2.45) is 0 Å². The largest absolute Gasteiger partial charge is 0.383 e. The van der Waals surface area contributed by atoms with Gasteiger partial charge in [-0.25, -0.2) is 9.97 Å². The lowest BCUT2D eigenvalue weighted by molar-refractivity contribution is -0.117. The summed E-state index contributed by atoms with van der Waals surface area (Å²) in [4.78, 5) is 25.4. The Kier molecular flexibility index (Phi) is 4.51. The van der Waals surface area contributed by atoms with E-state index >= 15 is 0 Å². The van der Waals surface area contributed by atoms with Gasteiger partial charge in [0.05, 0.1) is 22.6 Å². The normalized spacial score (nSPS) is 17.1. The number of hydrogen-bond donors (Lipinski definition) is 2. The van der Waals surface area contributed by atoms with Crippen molar-refractivity contribution in [2.75, 3.05) is 5.73 Å². The summed E-state index contributed by atoms with van der Waals surface area (Å²) in [7, 11) is 0. The van der Waals surface area contributed by atoms with Gasteiger partial charge in [-0.2, -0.15) is 0 Å². The molecule has 0 saturated heterocycles. The van der Waals surface area contributed by atoms with E-state index in [0.717, 1.165) is 44.3 Å². The Bertz CT molecular complexity index is 1380. The Morgan fingerprint density at radius 3 is 2.94 bits per heavy atom. The van der Waals surface area contributed by atoms with Crippen LogP contribution in [0.3, 0.4) is 0 Å². The third kappa shape index (κ3) is 3.06. The van der Waals surface area contributed by atoms with Crippen molar-refractivity contribution in [3.8, 4) is 11.1 Å². The van der Waals surface area contributed by atoms with Crippen LogP contribution in [0.1, 0.15) is 19.0 Å². The van der Waals surface area contributed by atoms with Crippen molar-refractivity contribution in [3.05, 3.63) is 67.3 Å². The van der Waals surface area contributed by atoms with E-state index in [0.29, 0.717) is 18.8 Å². The Morgan fingerprint density at radius 2 is 2.13 bits per heavy atom. The number of nitrogen functional groups attached to an aromatic ring is 1. The number of nitrogens with two attached hydrogens (primary N) is 1. The zero-order valence-electron chi connectivity index (χ0n) is 17.2. The third-order valence-corrected chi connectivity index (χ3v) is 5.80. The first-order chi connectivity index (χ1) is 15.1. The molecular weight excluding hydrogens is 388 g/mol. The fourth-order valence-electron chi connectivity index (χ4n) is 4.45. The number of rotatable bonds is 3. The molecule has 7 heteroatoms. The molecule has 1 atom stereocenters. The number of aromatic nitrogens is 4. The van der Waals surface area contributed by atoms with E-state index in [-0.39, 0.29) is 11.9 Å². The van der Waals surface area contributed by atoms with Crippen LogP contribution in [0.25, 0.3) is 38.6 Å². The van der Waals surface area contributed by atoms with E-state index in [9.17, 15) is 4.79 Å². The van der Waals surface area contributed by atoms with Crippen LogP contribution in [0.2, 0.25) is 0 Å². The Hall–Kier alpha value is -4.00. The van der Waals surface area contributed by atoms with Crippen LogP contribution >= 0.6 is 0 Å². The van der Waals surface area contributed by atoms with E-state index in [1.54, 1.807) is 0 Å². The standard InChI is InChI=1S/C24H22N6O/c1-3-14-10-17(29-19(31)4-2)12-30-22(14)20(21-23(25)27-13-28-24(21)30)16-9-15-7-5-6-8-18(15)26-11-16/h3-9,11,13,17H,2,10,12H2,1H3,(H,29,31)(H2,25,27,28). The summed E-state index contributed by atoms with van der Waals surface area (Å²) in [5.74, 6) is 0.241. The molecule has 5 rings (SSSR count). The van der Waals surface area contributed by atoms with Crippen molar-refractivity contribution in [1.29, 1.82) is 0 Å². The molecule has 0 radical (unpaired) electrons. The van der Waals surface area contributed by atoms with Gasteiger partial charge in [-0.15, -0.1) is 0 Å². The maximum Gasteiger partial charge on any atom is 0.243 e. The molecule has 154 valence electrons. The SMILES string of the molecule is C=CC(=O)NC1CC(=CC)c2c(-c3cnc4ccccc4c3)c3c(N)ncnc3n2C1. The van der Waals surface area contributed by atoms with Crippen LogP contribution in [0.4, 0.5) is 5.82 Å². The Balaban J connectivity index is 1.78. The van der Waals surface area contributed by atoms with Crippen LogP contribution in [-0.4, -0.2) is 31.5 Å². The number of para-hydroxylation sites is 1. The van der Waals surface area contributed by atoms with Gasteiger partial charge in [0.1, 0.15) is 17.8 Å². The van der Waals surface area contributed by atoms with Gasteiger partial charge in [0.25, 0.3) is 0 Å². The summed E-state index contributed by atoms with van der Waals surface area (Å²) in [5, 5.41) is 4.88. The average Bonchev–Trinajstić information content (AvgIpc) is 3.14. The molecule has 0 bridgehead atoms. The number of anilines is 1. The lowest BCUT2D eigenvalue weighted by Crippen LogP contribution is -2.39. The highest BCUT2D eigenvalue weighted by Crippen LogP contribution is 2.43. The molecule has 1 aliphatic heterocycles. The summed E-state index contributed by atoms with van der Waals surface area (Å²) in [5.41, 5.74) is 12.1. The summed E-state index contributed by atoms with van der Waals surface area (Å²) < 4.78 is 2.13. The van der Waals surface area contributed by atoms with Crippen LogP contribution < -0.4 is 11.1 Å². The molecule has 4 heterocycles. The lowest BCUT2D eigenvalue weighted by atomic mass is 9.93. The van der Waals surface area contributed by atoms with Crippen molar-refractivity contribution in [3.63, 3.8) is 0 Å². The molecule has 1 aliphatic rings. The molecule has 1 unspecified atom stereocenters. The predicted octanol–water partition coefficient (Wildman–Crippen LogP) is 3.71. The topological polar surface area (TPSA) is 98.7 Å². The predicted molar refractivity (Wildman–Crippen MR) is 123 cm³/mol. The van der Waals surface area contributed by atoms with Crippen molar-refractivity contribution >= 4 is 39.2 Å². The van der Waals surface area contributed by atoms with E-state index in [1.165, 1.54) is 12.4 Å². The second-order valence-electron chi connectivity index (χ2n) is 7.64. The van der Waals surface area contributed by atoms with Gasteiger partial charge in [0, 0.05) is 29.3 Å². The van der Waals surface area contributed by atoms with Crippen LogP contribution in [0.5, 0.6) is 0 Å². The number of nitrogens with one attached hydrogen (secondary N) is 1. The number of hydrogen-bond acceptors (Lipinski definition) is 5. The number of allylic oxidation sites excluding steroid dienone is 1. The van der Waals surface area contributed by atoms with Gasteiger partial charge in [-0.3, -0.25) is 9.78 Å². The number of carbonyl (C=O) groups is 1. The number of nitrogens with zero attached hydrogens (tertiary/aromatic N) is 4. The molecule has 7 nitrogen and oxygen atoms in total. The van der Waals surface area contributed by atoms with Crippen molar-refractivity contribution in [2.45, 2.75) is 25.9 Å². The first-order valence-electron chi connectivity index (χ1n) is 10.2. The molecule has 0 aliphatic carbocycles. The quantitative estimate of drug-likeness (QED) is 0.502. The number of pyridine rings is 1. The fraction of sp³-hybridized carbons (Fsp3) is 0.167. The minimum atomic E-state index is -0.187.